The fraction of sp³-hybridized carbons (Fsp3) is 0.250. The molecular weight excluding hydrogens is 575 g/mol. The maximum Gasteiger partial charge on any atom is 0.415 e. The number of anilines is 3. The zero-order valence-corrected chi connectivity index (χ0v) is 25.4. The Labute approximate surface area is 261 Å². The third kappa shape index (κ3) is 7.92. The van der Waals surface area contributed by atoms with Crippen LogP contribution in [0.25, 0.3) is 10.8 Å². The smallest absolute Gasteiger partial charge is 0.377 e. The summed E-state index contributed by atoms with van der Waals surface area (Å²) in [6.07, 6.45) is -1.60. The lowest BCUT2D eigenvalue weighted by Crippen LogP contribution is -2.25. The van der Waals surface area contributed by atoms with Crippen LogP contribution in [0.15, 0.2) is 109 Å². The largest absolute Gasteiger partial charge is 0.415 e. The molecule has 9 heteroatoms. The SMILES string of the molecule is C=C(/C=C(\Nc1cccc(CN)c1)C(=O)Nc1cccc(C(NCC2CC2)c2ccc(N(C)C)c3ccccc23)c1)C(F)(F)F. The van der Waals surface area contributed by atoms with Crippen molar-refractivity contribution in [3.05, 3.63) is 126 Å². The van der Waals surface area contributed by atoms with E-state index in [1.807, 2.05) is 44.4 Å². The quantitative estimate of drug-likeness (QED) is 0.0983. The highest BCUT2D eigenvalue weighted by Crippen LogP contribution is 2.36. The fourth-order valence-corrected chi connectivity index (χ4v) is 5.30. The summed E-state index contributed by atoms with van der Waals surface area (Å²) in [5.74, 6) is -0.111. The van der Waals surface area contributed by atoms with Gasteiger partial charge in [0.2, 0.25) is 0 Å². The van der Waals surface area contributed by atoms with E-state index in [4.69, 9.17) is 5.73 Å². The number of amides is 1. The van der Waals surface area contributed by atoms with Crippen LogP contribution < -0.4 is 26.6 Å². The highest BCUT2D eigenvalue weighted by Gasteiger charge is 2.31. The van der Waals surface area contributed by atoms with Crippen LogP contribution in [0.3, 0.4) is 0 Å². The van der Waals surface area contributed by atoms with E-state index >= 15 is 0 Å². The molecule has 1 atom stereocenters. The zero-order valence-electron chi connectivity index (χ0n) is 25.4. The Kier molecular flexibility index (Phi) is 9.60. The molecule has 0 bridgehead atoms. The summed E-state index contributed by atoms with van der Waals surface area (Å²) in [6, 6.07) is 26.6. The molecule has 0 saturated heterocycles. The molecule has 1 amide bonds. The summed E-state index contributed by atoms with van der Waals surface area (Å²) in [5, 5.41) is 11.6. The molecule has 1 aliphatic carbocycles. The predicted octanol–water partition coefficient (Wildman–Crippen LogP) is 7.51. The van der Waals surface area contributed by atoms with Crippen molar-refractivity contribution >= 4 is 33.7 Å². The molecule has 4 aromatic carbocycles. The molecule has 0 spiro atoms. The molecule has 0 heterocycles. The Hall–Kier alpha value is -4.60. The molecule has 0 aliphatic heterocycles. The predicted molar refractivity (Wildman–Crippen MR) is 177 cm³/mol. The summed E-state index contributed by atoms with van der Waals surface area (Å²) < 4.78 is 40.3. The van der Waals surface area contributed by atoms with E-state index in [1.165, 1.54) is 12.8 Å². The molecule has 4 aromatic rings. The van der Waals surface area contributed by atoms with Gasteiger partial charge in [-0.2, -0.15) is 13.2 Å². The van der Waals surface area contributed by atoms with Gasteiger partial charge < -0.3 is 26.6 Å². The van der Waals surface area contributed by atoms with E-state index in [0.717, 1.165) is 39.7 Å². The van der Waals surface area contributed by atoms with Crippen molar-refractivity contribution in [2.75, 3.05) is 36.2 Å². The van der Waals surface area contributed by atoms with Crippen molar-refractivity contribution in [1.82, 2.24) is 5.32 Å². The monoisotopic (exact) mass is 613 g/mol. The summed E-state index contributed by atoms with van der Waals surface area (Å²) in [6.45, 7) is 4.22. The van der Waals surface area contributed by atoms with E-state index in [1.54, 1.807) is 30.3 Å². The van der Waals surface area contributed by atoms with Crippen molar-refractivity contribution in [2.24, 2.45) is 11.7 Å². The van der Waals surface area contributed by atoms with Crippen LogP contribution in [0, 0.1) is 5.92 Å². The number of allylic oxidation sites excluding steroid dienone is 2. The van der Waals surface area contributed by atoms with E-state index in [9.17, 15) is 18.0 Å². The number of hydrogen-bond donors (Lipinski definition) is 4. The maximum atomic E-state index is 13.5. The van der Waals surface area contributed by atoms with Crippen molar-refractivity contribution in [2.45, 2.75) is 31.6 Å². The van der Waals surface area contributed by atoms with Gasteiger partial charge in [0.05, 0.1) is 11.6 Å². The summed E-state index contributed by atoms with van der Waals surface area (Å²) in [7, 11) is 4.04. The van der Waals surface area contributed by atoms with Gasteiger partial charge in [0.25, 0.3) is 5.91 Å². The second-order valence-electron chi connectivity index (χ2n) is 11.6. The Morgan fingerprint density at radius 2 is 1.64 bits per heavy atom. The van der Waals surface area contributed by atoms with Gasteiger partial charge in [-0.25, -0.2) is 0 Å². The van der Waals surface area contributed by atoms with E-state index in [-0.39, 0.29) is 18.3 Å². The van der Waals surface area contributed by atoms with Crippen molar-refractivity contribution in [3.63, 3.8) is 0 Å². The van der Waals surface area contributed by atoms with Gasteiger partial charge in [0.15, 0.2) is 0 Å². The Balaban J connectivity index is 1.48. The first-order chi connectivity index (χ1) is 21.5. The average molecular weight is 614 g/mol. The van der Waals surface area contributed by atoms with Crippen LogP contribution >= 0.6 is 0 Å². The molecule has 1 aliphatic rings. The minimum atomic E-state index is -4.70. The molecule has 5 rings (SSSR count). The van der Waals surface area contributed by atoms with E-state index in [0.29, 0.717) is 23.4 Å². The lowest BCUT2D eigenvalue weighted by atomic mass is 9.92. The average Bonchev–Trinajstić information content (AvgIpc) is 3.85. The number of nitrogens with zero attached hydrogens (tertiary/aromatic N) is 1. The minimum absolute atomic E-state index is 0.180. The number of nitrogens with one attached hydrogen (secondary N) is 3. The number of carbonyl (C=O) groups excluding carboxylic acids is 1. The molecule has 45 heavy (non-hydrogen) atoms. The molecule has 5 N–H and O–H groups in total. The normalized spacial score (nSPS) is 14.2. The number of rotatable bonds is 12. The minimum Gasteiger partial charge on any atom is -0.377 e. The molecule has 234 valence electrons. The summed E-state index contributed by atoms with van der Waals surface area (Å²) >= 11 is 0. The van der Waals surface area contributed by atoms with Gasteiger partial charge in [-0.3, -0.25) is 4.79 Å². The van der Waals surface area contributed by atoms with Crippen LogP contribution in [-0.2, 0) is 11.3 Å². The van der Waals surface area contributed by atoms with Gasteiger partial charge in [0.1, 0.15) is 5.70 Å². The summed E-state index contributed by atoms with van der Waals surface area (Å²) in [4.78, 5) is 15.6. The van der Waals surface area contributed by atoms with Gasteiger partial charge in [-0.05, 0) is 83.8 Å². The van der Waals surface area contributed by atoms with Gasteiger partial charge in [0, 0.05) is 43.1 Å². The first kappa shape index (κ1) is 31.8. The lowest BCUT2D eigenvalue weighted by Gasteiger charge is -2.24. The molecule has 6 nitrogen and oxygen atoms in total. The van der Waals surface area contributed by atoms with Crippen molar-refractivity contribution in [1.29, 1.82) is 0 Å². The molecule has 1 saturated carbocycles. The van der Waals surface area contributed by atoms with Gasteiger partial charge >= 0.3 is 6.18 Å². The van der Waals surface area contributed by atoms with Gasteiger partial charge in [-0.1, -0.05) is 61.2 Å². The number of benzene rings is 4. The number of fused-ring (bicyclic) bond motifs is 1. The number of hydrogen-bond acceptors (Lipinski definition) is 5. The number of halogens is 3. The molecular formula is C36H38F3N5O. The third-order valence-corrected chi connectivity index (χ3v) is 7.88. The third-order valence-electron chi connectivity index (χ3n) is 7.88. The van der Waals surface area contributed by atoms with Crippen molar-refractivity contribution < 1.29 is 18.0 Å². The Morgan fingerprint density at radius 3 is 2.31 bits per heavy atom. The van der Waals surface area contributed by atoms with Crippen LogP contribution in [0.4, 0.5) is 30.2 Å². The molecule has 0 radical (unpaired) electrons. The van der Waals surface area contributed by atoms with Crippen LogP contribution in [0.5, 0.6) is 0 Å². The second-order valence-corrected chi connectivity index (χ2v) is 11.6. The number of nitrogens with two attached hydrogens (primary N) is 1. The topological polar surface area (TPSA) is 82.4 Å². The van der Waals surface area contributed by atoms with Crippen LogP contribution in [0.2, 0.25) is 0 Å². The maximum absolute atomic E-state index is 13.5. The lowest BCUT2D eigenvalue weighted by molar-refractivity contribution is -0.112. The standard InChI is InChI=1S/C36H38F3N5O/c1-23(36(37,38)39)18-32(42-27-10-6-8-25(19-27)21-40)35(45)43-28-11-7-9-26(20-28)34(41-22-24-14-15-24)31-16-17-33(44(2)3)30-13-5-4-12-29(30)31/h4-13,16-20,24,34,41-42H,1,14-15,21-22,40H2,2-3H3,(H,43,45)/b32-18-. The molecule has 0 aromatic heterocycles. The fourth-order valence-electron chi connectivity index (χ4n) is 5.30. The van der Waals surface area contributed by atoms with Crippen LogP contribution in [-0.4, -0.2) is 32.7 Å². The first-order valence-electron chi connectivity index (χ1n) is 14.9. The number of carbonyl (C=O) groups is 1. The molecule has 1 unspecified atom stereocenters. The van der Waals surface area contributed by atoms with Crippen molar-refractivity contribution in [3.8, 4) is 0 Å². The molecule has 1 fully saturated rings. The first-order valence-corrected chi connectivity index (χ1v) is 14.9. The number of alkyl halides is 3. The van der Waals surface area contributed by atoms with Gasteiger partial charge in [-0.15, -0.1) is 0 Å². The Morgan fingerprint density at radius 1 is 0.956 bits per heavy atom. The van der Waals surface area contributed by atoms with E-state index < -0.39 is 17.7 Å². The highest BCUT2D eigenvalue weighted by molar-refractivity contribution is 6.06. The van der Waals surface area contributed by atoms with E-state index in [2.05, 4.69) is 51.7 Å². The van der Waals surface area contributed by atoms with Crippen LogP contribution in [0.1, 0.15) is 35.6 Å². The zero-order chi connectivity index (χ0) is 32.1. The second kappa shape index (κ2) is 13.6. The Bertz CT molecular complexity index is 1730. The summed E-state index contributed by atoms with van der Waals surface area (Å²) in [5.41, 5.74) is 9.06. The highest BCUT2D eigenvalue weighted by atomic mass is 19.4.